The van der Waals surface area contributed by atoms with Crippen LogP contribution in [0.15, 0.2) is 27.3 Å². The molecule has 22 heavy (non-hydrogen) atoms. The van der Waals surface area contributed by atoms with Crippen LogP contribution in [0.2, 0.25) is 0 Å². The number of rotatable bonds is 7. The summed E-state index contributed by atoms with van der Waals surface area (Å²) in [5.74, 6) is -0.249. The normalized spacial score (nSPS) is 17.2. The lowest BCUT2D eigenvalue weighted by molar-refractivity contribution is -0.118. The maximum atomic E-state index is 12.2. The number of nitrogens with zero attached hydrogens (tertiary/aromatic N) is 1. The van der Waals surface area contributed by atoms with Crippen molar-refractivity contribution in [2.75, 3.05) is 0 Å². The molecule has 0 saturated heterocycles. The molecule has 6 heteroatoms. The second-order valence-corrected chi connectivity index (χ2v) is 8.12. The van der Waals surface area contributed by atoms with Crippen LogP contribution in [0.5, 0.6) is 0 Å². The average Bonchev–Trinajstić information content (AvgIpc) is 2.42. The number of halogens is 1. The predicted octanol–water partition coefficient (Wildman–Crippen LogP) is 4.10. The number of carbonyl (C=O) groups excluding carboxylic acids is 1. The van der Waals surface area contributed by atoms with E-state index >= 15 is 0 Å². The van der Waals surface area contributed by atoms with Gasteiger partial charge in [-0.2, -0.15) is 0 Å². The Bertz CT molecular complexity index is 485. The highest BCUT2D eigenvalue weighted by Gasteiger charge is 2.31. The fraction of sp³-hybridized carbons (Fsp3) is 0.625. The van der Waals surface area contributed by atoms with Crippen LogP contribution in [-0.4, -0.2) is 20.9 Å². The van der Waals surface area contributed by atoms with Crippen LogP contribution in [0.25, 0.3) is 0 Å². The van der Waals surface area contributed by atoms with Crippen LogP contribution < -0.4 is 5.32 Å². The van der Waals surface area contributed by atoms with E-state index in [1.54, 1.807) is 19.1 Å². The topological polar surface area (TPSA) is 64.5 Å². The summed E-state index contributed by atoms with van der Waals surface area (Å²) in [5.41, 5.74) is 1.44. The summed E-state index contributed by atoms with van der Waals surface area (Å²) in [5, 5.41) is 3.25. The summed E-state index contributed by atoms with van der Waals surface area (Å²) in [4.78, 5) is 10.9. The summed E-state index contributed by atoms with van der Waals surface area (Å²) < 4.78 is 16.2. The molecule has 0 spiro atoms. The minimum Gasteiger partial charge on any atom is -0.591 e. The SMILES string of the molecule is CCC(C)(C)[S@+]([O-])/N=C(\C)C(C)/C(Cl)=C\C=C(/C)NC(C)=O. The molecule has 0 rings (SSSR count). The van der Waals surface area contributed by atoms with E-state index in [1.807, 2.05) is 34.6 Å². The monoisotopic (exact) mass is 346 g/mol. The van der Waals surface area contributed by atoms with Crippen molar-refractivity contribution in [3.63, 3.8) is 0 Å². The number of allylic oxidation sites excluding steroid dienone is 4. The van der Waals surface area contributed by atoms with E-state index in [-0.39, 0.29) is 16.6 Å². The van der Waals surface area contributed by atoms with Crippen molar-refractivity contribution >= 4 is 34.6 Å². The Morgan fingerprint density at radius 2 is 1.91 bits per heavy atom. The minimum atomic E-state index is -1.29. The van der Waals surface area contributed by atoms with Crippen molar-refractivity contribution in [3.8, 4) is 0 Å². The van der Waals surface area contributed by atoms with Gasteiger partial charge in [-0.1, -0.05) is 29.8 Å². The van der Waals surface area contributed by atoms with Gasteiger partial charge in [0.05, 0.1) is 5.71 Å². The van der Waals surface area contributed by atoms with Crippen LogP contribution in [0, 0.1) is 5.92 Å². The highest BCUT2D eigenvalue weighted by Crippen LogP contribution is 2.24. The van der Waals surface area contributed by atoms with Crippen molar-refractivity contribution < 1.29 is 9.35 Å². The zero-order valence-electron chi connectivity index (χ0n) is 14.5. The summed E-state index contributed by atoms with van der Waals surface area (Å²) in [6, 6.07) is 0. The molecule has 0 aliphatic rings. The first-order valence-corrected chi connectivity index (χ1v) is 8.78. The van der Waals surface area contributed by atoms with Gasteiger partial charge >= 0.3 is 0 Å². The Morgan fingerprint density at radius 3 is 2.36 bits per heavy atom. The smallest absolute Gasteiger partial charge is 0.220 e. The first-order chi connectivity index (χ1) is 10.0. The van der Waals surface area contributed by atoms with Crippen LogP contribution >= 0.6 is 11.6 Å². The summed E-state index contributed by atoms with van der Waals surface area (Å²) >= 11 is 4.97. The molecular weight excluding hydrogens is 320 g/mol. The third-order valence-corrected chi connectivity index (χ3v) is 5.60. The van der Waals surface area contributed by atoms with E-state index < -0.39 is 11.4 Å². The number of hydrogen-bond donors (Lipinski definition) is 1. The van der Waals surface area contributed by atoms with Crippen molar-refractivity contribution in [3.05, 3.63) is 22.9 Å². The van der Waals surface area contributed by atoms with Gasteiger partial charge in [0.15, 0.2) is 0 Å². The minimum absolute atomic E-state index is 0.124. The van der Waals surface area contributed by atoms with Crippen LogP contribution in [0.1, 0.15) is 54.9 Å². The Kier molecular flexibility index (Phi) is 9.05. The molecule has 126 valence electrons. The molecule has 0 saturated carbocycles. The molecule has 0 fully saturated rings. The molecule has 2 atom stereocenters. The summed E-state index contributed by atoms with van der Waals surface area (Å²) in [7, 11) is 0. The second kappa shape index (κ2) is 9.38. The molecule has 0 aromatic heterocycles. The highest BCUT2D eigenvalue weighted by atomic mass is 35.5. The molecule has 0 aliphatic carbocycles. The van der Waals surface area contributed by atoms with Gasteiger partial charge in [-0.05, 0) is 46.3 Å². The van der Waals surface area contributed by atoms with E-state index in [2.05, 4.69) is 9.71 Å². The second-order valence-electron chi connectivity index (χ2n) is 5.90. The van der Waals surface area contributed by atoms with Gasteiger partial charge in [0.1, 0.15) is 16.1 Å². The molecule has 0 aromatic carbocycles. The number of nitrogens with one attached hydrogen (secondary N) is 1. The van der Waals surface area contributed by atoms with Gasteiger partial charge in [0.2, 0.25) is 5.91 Å². The van der Waals surface area contributed by atoms with E-state index in [4.69, 9.17) is 11.6 Å². The van der Waals surface area contributed by atoms with Gasteiger partial charge < -0.3 is 9.87 Å². The molecule has 0 bridgehead atoms. The lowest BCUT2D eigenvalue weighted by Crippen LogP contribution is -2.30. The molecular formula is C16H27ClN2O2S. The van der Waals surface area contributed by atoms with Gasteiger partial charge in [-0.3, -0.25) is 4.79 Å². The molecule has 0 aromatic rings. The van der Waals surface area contributed by atoms with E-state index in [9.17, 15) is 9.35 Å². The van der Waals surface area contributed by atoms with Crippen LogP contribution in [0.4, 0.5) is 0 Å². The molecule has 1 amide bonds. The zero-order chi connectivity index (χ0) is 17.5. The van der Waals surface area contributed by atoms with Gasteiger partial charge in [0, 0.05) is 23.6 Å². The Labute approximate surface area is 142 Å². The Morgan fingerprint density at radius 1 is 1.36 bits per heavy atom. The standard InChI is InChI=1S/C16H27ClN2O2S/c1-8-16(6,7)22(21)19-13(4)12(3)15(17)10-9-11(2)18-14(5)20/h9-10,12H,8H2,1-7H3,(H,18,20)/b11-9+,15-10+,19-13+/t12?,22-/m0/s1. The molecule has 0 aliphatic heterocycles. The molecule has 0 heterocycles. The van der Waals surface area contributed by atoms with E-state index in [1.165, 1.54) is 6.92 Å². The molecule has 1 unspecified atom stereocenters. The highest BCUT2D eigenvalue weighted by molar-refractivity contribution is 7.91. The van der Waals surface area contributed by atoms with Gasteiger partial charge in [-0.15, -0.1) is 0 Å². The van der Waals surface area contributed by atoms with Gasteiger partial charge in [0.25, 0.3) is 0 Å². The predicted molar refractivity (Wildman–Crippen MR) is 96.3 cm³/mol. The number of amides is 1. The largest absolute Gasteiger partial charge is 0.591 e. The fourth-order valence-electron chi connectivity index (χ4n) is 1.32. The first kappa shape index (κ1) is 21.2. The molecule has 0 radical (unpaired) electrons. The lowest BCUT2D eigenvalue weighted by Gasteiger charge is -2.23. The third-order valence-electron chi connectivity index (χ3n) is 3.46. The van der Waals surface area contributed by atoms with E-state index in [0.717, 1.165) is 12.1 Å². The van der Waals surface area contributed by atoms with Crippen molar-refractivity contribution in [1.29, 1.82) is 0 Å². The van der Waals surface area contributed by atoms with Crippen molar-refractivity contribution in [2.45, 2.75) is 59.6 Å². The molecule has 4 nitrogen and oxygen atoms in total. The molecule has 1 N–H and O–H groups in total. The number of carbonyl (C=O) groups is 1. The van der Waals surface area contributed by atoms with Gasteiger partial charge in [-0.25, -0.2) is 0 Å². The van der Waals surface area contributed by atoms with Crippen molar-refractivity contribution in [1.82, 2.24) is 5.32 Å². The Hall–Kier alpha value is -0.780. The van der Waals surface area contributed by atoms with Crippen LogP contribution in [0.3, 0.4) is 0 Å². The summed E-state index contributed by atoms with van der Waals surface area (Å²) in [6.45, 7) is 12.8. The quantitative estimate of drug-likeness (QED) is 0.428. The third kappa shape index (κ3) is 7.47. The lowest BCUT2D eigenvalue weighted by atomic mass is 10.1. The summed E-state index contributed by atoms with van der Waals surface area (Å²) in [6.07, 6.45) is 4.25. The van der Waals surface area contributed by atoms with E-state index in [0.29, 0.717) is 10.7 Å². The Balaban J connectivity index is 5.01. The van der Waals surface area contributed by atoms with Crippen molar-refractivity contribution in [2.24, 2.45) is 10.3 Å². The first-order valence-electron chi connectivity index (χ1n) is 7.30. The maximum Gasteiger partial charge on any atom is 0.220 e. The number of hydrogen-bond acceptors (Lipinski definition) is 3. The zero-order valence-corrected chi connectivity index (χ0v) is 16.1. The van der Waals surface area contributed by atoms with Crippen LogP contribution in [-0.2, 0) is 16.2 Å². The maximum absolute atomic E-state index is 12.2. The fourth-order valence-corrected chi connectivity index (χ4v) is 2.46. The average molecular weight is 347 g/mol.